The van der Waals surface area contributed by atoms with Gasteiger partial charge in [0.05, 0.1) is 6.54 Å². The first-order valence-electron chi connectivity index (χ1n) is 10.5. The molecule has 1 rings (SSSR count). The van der Waals surface area contributed by atoms with E-state index < -0.39 is 0 Å². The van der Waals surface area contributed by atoms with E-state index in [1.54, 1.807) is 0 Å². The van der Waals surface area contributed by atoms with Gasteiger partial charge in [-0.15, -0.1) is 0 Å². The van der Waals surface area contributed by atoms with E-state index in [9.17, 15) is 4.79 Å². The first-order valence-corrected chi connectivity index (χ1v) is 10.5. The molecule has 6 heteroatoms. The summed E-state index contributed by atoms with van der Waals surface area (Å²) >= 11 is 0. The van der Waals surface area contributed by atoms with E-state index in [1.807, 2.05) is 31.2 Å². The Morgan fingerprint density at radius 3 is 2.43 bits per heavy atom. The molecule has 0 atom stereocenters. The highest BCUT2D eigenvalue weighted by Gasteiger charge is 2.12. The molecule has 6 nitrogen and oxygen atoms in total. The van der Waals surface area contributed by atoms with Gasteiger partial charge in [-0.3, -0.25) is 9.69 Å². The molecule has 1 aromatic carbocycles. The van der Waals surface area contributed by atoms with Crippen molar-refractivity contribution >= 4 is 17.6 Å². The number of carbonyl (C=O) groups excluding carboxylic acids is 1. The number of amides is 1. The van der Waals surface area contributed by atoms with Crippen molar-refractivity contribution in [2.75, 3.05) is 25.0 Å². The van der Waals surface area contributed by atoms with Gasteiger partial charge in [0.15, 0.2) is 5.96 Å². The molecule has 0 bridgehead atoms. The number of hydrogen-bond donors (Lipinski definition) is 3. The lowest BCUT2D eigenvalue weighted by Crippen LogP contribution is -2.45. The van der Waals surface area contributed by atoms with E-state index in [-0.39, 0.29) is 5.91 Å². The Bertz CT molecular complexity index is 605. The molecular formula is C22H39N5O. The maximum Gasteiger partial charge on any atom is 0.224 e. The van der Waals surface area contributed by atoms with Gasteiger partial charge in [0.1, 0.15) is 0 Å². The van der Waals surface area contributed by atoms with Crippen LogP contribution in [0.3, 0.4) is 0 Å². The summed E-state index contributed by atoms with van der Waals surface area (Å²) in [6.07, 6.45) is 1.39. The normalized spacial score (nSPS) is 12.0. The van der Waals surface area contributed by atoms with Crippen LogP contribution in [0.1, 0.15) is 59.9 Å². The highest BCUT2D eigenvalue weighted by atomic mass is 16.1. The number of hydrogen-bond acceptors (Lipinski definition) is 3. The second kappa shape index (κ2) is 13.2. The smallest absolute Gasteiger partial charge is 0.224 e. The molecule has 0 unspecified atom stereocenters. The fourth-order valence-corrected chi connectivity index (χ4v) is 3.13. The van der Waals surface area contributed by atoms with Gasteiger partial charge in [-0.25, -0.2) is 4.99 Å². The summed E-state index contributed by atoms with van der Waals surface area (Å²) in [7, 11) is 0. The van der Waals surface area contributed by atoms with E-state index in [2.05, 4.69) is 55.5 Å². The Balaban J connectivity index is 2.65. The van der Waals surface area contributed by atoms with E-state index >= 15 is 0 Å². The number of guanidine groups is 1. The largest absolute Gasteiger partial charge is 0.357 e. The predicted molar refractivity (Wildman–Crippen MR) is 120 cm³/mol. The van der Waals surface area contributed by atoms with Gasteiger partial charge in [-0.2, -0.15) is 0 Å². The monoisotopic (exact) mass is 389 g/mol. The summed E-state index contributed by atoms with van der Waals surface area (Å²) < 4.78 is 0. The lowest BCUT2D eigenvalue weighted by Gasteiger charge is -2.30. The molecule has 0 radical (unpaired) electrons. The third-order valence-corrected chi connectivity index (χ3v) is 4.44. The van der Waals surface area contributed by atoms with Crippen molar-refractivity contribution in [3.05, 3.63) is 29.8 Å². The topological polar surface area (TPSA) is 68.8 Å². The van der Waals surface area contributed by atoms with Crippen molar-refractivity contribution in [1.29, 1.82) is 0 Å². The van der Waals surface area contributed by atoms with Gasteiger partial charge in [0.2, 0.25) is 5.91 Å². The number of aliphatic imine (C=N–C) groups is 1. The molecular weight excluding hydrogens is 350 g/mol. The molecule has 0 aliphatic heterocycles. The number of carbonyl (C=O) groups is 1. The molecule has 0 heterocycles. The summed E-state index contributed by atoms with van der Waals surface area (Å²) in [5, 5.41) is 9.66. The zero-order valence-electron chi connectivity index (χ0n) is 18.5. The lowest BCUT2D eigenvalue weighted by molar-refractivity contribution is -0.116. The standard InChI is InChI=1S/C22H39N5O/c1-7-10-21(28)26-20-12-9-11-19(15-20)16-25-22(23-8-2)24-13-14-27(17(3)4)18(5)6/h9,11-12,15,17-18H,7-8,10,13-14,16H2,1-6H3,(H,26,28)(H2,23,24,25). The SMILES string of the molecule is CCCC(=O)Nc1cccc(CN=C(NCC)NCCN(C(C)C)C(C)C)c1. The summed E-state index contributed by atoms with van der Waals surface area (Å²) in [5.74, 6) is 0.869. The molecule has 0 saturated carbocycles. The van der Waals surface area contributed by atoms with Crippen molar-refractivity contribution in [3.8, 4) is 0 Å². The van der Waals surface area contributed by atoms with Crippen LogP contribution >= 0.6 is 0 Å². The predicted octanol–water partition coefficient (Wildman–Crippen LogP) is 3.60. The van der Waals surface area contributed by atoms with Gasteiger partial charge in [0.25, 0.3) is 0 Å². The number of nitrogens with one attached hydrogen (secondary N) is 3. The van der Waals surface area contributed by atoms with Gasteiger partial charge < -0.3 is 16.0 Å². The maximum absolute atomic E-state index is 11.8. The zero-order chi connectivity index (χ0) is 20.9. The highest BCUT2D eigenvalue weighted by Crippen LogP contribution is 2.12. The third-order valence-electron chi connectivity index (χ3n) is 4.44. The fraction of sp³-hybridized carbons (Fsp3) is 0.636. The van der Waals surface area contributed by atoms with Crippen LogP contribution in [0, 0.1) is 0 Å². The average Bonchev–Trinajstić information content (AvgIpc) is 2.63. The van der Waals surface area contributed by atoms with Gasteiger partial charge in [-0.1, -0.05) is 19.1 Å². The molecule has 0 aliphatic rings. The molecule has 3 N–H and O–H groups in total. The lowest BCUT2D eigenvalue weighted by atomic mass is 10.2. The van der Waals surface area contributed by atoms with Crippen LogP contribution in [0.2, 0.25) is 0 Å². The Hall–Kier alpha value is -2.08. The van der Waals surface area contributed by atoms with Crippen LogP contribution in [0.4, 0.5) is 5.69 Å². The Kier molecular flexibility index (Phi) is 11.3. The van der Waals surface area contributed by atoms with Crippen LogP contribution in [-0.2, 0) is 11.3 Å². The van der Waals surface area contributed by atoms with Crippen LogP contribution in [-0.4, -0.2) is 48.5 Å². The van der Waals surface area contributed by atoms with E-state index in [4.69, 9.17) is 4.99 Å². The molecule has 0 fully saturated rings. The van der Waals surface area contributed by atoms with Crippen LogP contribution in [0.25, 0.3) is 0 Å². The molecule has 28 heavy (non-hydrogen) atoms. The number of nitrogens with zero attached hydrogens (tertiary/aromatic N) is 2. The highest BCUT2D eigenvalue weighted by molar-refractivity contribution is 5.90. The summed E-state index contributed by atoms with van der Waals surface area (Å²) in [4.78, 5) is 18.9. The molecule has 158 valence electrons. The van der Waals surface area contributed by atoms with E-state index in [1.165, 1.54) is 0 Å². The molecule has 0 spiro atoms. The average molecular weight is 390 g/mol. The van der Waals surface area contributed by atoms with Crippen molar-refractivity contribution in [2.24, 2.45) is 4.99 Å². The van der Waals surface area contributed by atoms with Crippen LogP contribution < -0.4 is 16.0 Å². The number of benzene rings is 1. The van der Waals surface area contributed by atoms with Gasteiger partial charge in [-0.05, 0) is 58.7 Å². The van der Waals surface area contributed by atoms with Gasteiger partial charge in [0, 0.05) is 43.8 Å². The first-order chi connectivity index (χ1) is 13.4. The zero-order valence-corrected chi connectivity index (χ0v) is 18.5. The molecule has 1 amide bonds. The molecule has 0 saturated heterocycles. The van der Waals surface area contributed by atoms with Crippen molar-refractivity contribution < 1.29 is 4.79 Å². The Morgan fingerprint density at radius 2 is 1.82 bits per heavy atom. The van der Waals surface area contributed by atoms with Crippen LogP contribution in [0.15, 0.2) is 29.3 Å². The van der Waals surface area contributed by atoms with Gasteiger partial charge >= 0.3 is 0 Å². The quantitative estimate of drug-likeness (QED) is 0.400. The van der Waals surface area contributed by atoms with E-state index in [0.29, 0.717) is 25.0 Å². The Morgan fingerprint density at radius 1 is 1.11 bits per heavy atom. The summed E-state index contributed by atoms with van der Waals surface area (Å²) in [6, 6.07) is 8.92. The van der Waals surface area contributed by atoms with E-state index in [0.717, 1.165) is 43.3 Å². The number of rotatable bonds is 11. The minimum absolute atomic E-state index is 0.0537. The molecule has 1 aromatic rings. The molecule has 0 aliphatic carbocycles. The summed E-state index contributed by atoms with van der Waals surface area (Å²) in [5.41, 5.74) is 1.89. The van der Waals surface area contributed by atoms with Crippen molar-refractivity contribution in [3.63, 3.8) is 0 Å². The van der Waals surface area contributed by atoms with Crippen LogP contribution in [0.5, 0.6) is 0 Å². The minimum atomic E-state index is 0.0537. The summed E-state index contributed by atoms with van der Waals surface area (Å²) in [6.45, 7) is 16.2. The molecule has 0 aromatic heterocycles. The minimum Gasteiger partial charge on any atom is -0.357 e. The fourth-order valence-electron chi connectivity index (χ4n) is 3.13. The van der Waals surface area contributed by atoms with Crippen molar-refractivity contribution in [2.45, 2.75) is 73.0 Å². The van der Waals surface area contributed by atoms with Crippen molar-refractivity contribution in [1.82, 2.24) is 15.5 Å². The third kappa shape index (κ3) is 9.22. The number of anilines is 1. The second-order valence-corrected chi connectivity index (χ2v) is 7.55. The Labute approximate surface area is 171 Å². The first kappa shape index (κ1) is 24.0. The maximum atomic E-state index is 11.8. The second-order valence-electron chi connectivity index (χ2n) is 7.55.